The van der Waals surface area contributed by atoms with Gasteiger partial charge in [0.05, 0.1) is 13.2 Å². The molecule has 0 unspecified atom stereocenters. The van der Waals surface area contributed by atoms with E-state index in [0.29, 0.717) is 6.29 Å². The lowest BCUT2D eigenvalue weighted by Crippen LogP contribution is -2.68. The highest BCUT2D eigenvalue weighted by Crippen LogP contribution is 2.35. The zero-order valence-electron chi connectivity index (χ0n) is 18.0. The highest BCUT2D eigenvalue weighted by Gasteiger charge is 2.55. The SMILES string of the molecule is CC(=O)N[C@H]1[C@H](O[C@H]2[C@H](O[C@H](C)C=O)[C@@H](NC(C)=O)[C@@H]3OC[C@H]2O3)O[C@H](CO)[C@@H](O)[C@@H]1O. The summed E-state index contributed by atoms with van der Waals surface area (Å²) in [6, 6.07) is -2.01. The van der Waals surface area contributed by atoms with Crippen LogP contribution in [0.4, 0.5) is 0 Å². The van der Waals surface area contributed by atoms with Gasteiger partial charge in [-0.25, -0.2) is 0 Å². The number of carbonyl (C=O) groups excluding carboxylic acids is 3. The molecule has 182 valence electrons. The van der Waals surface area contributed by atoms with Gasteiger partial charge in [0.15, 0.2) is 12.6 Å². The average Bonchev–Trinajstić information content (AvgIpc) is 3.18. The van der Waals surface area contributed by atoms with E-state index in [-0.39, 0.29) is 12.5 Å². The molecule has 11 atom stereocenters. The third-order valence-corrected chi connectivity index (χ3v) is 5.55. The quantitative estimate of drug-likeness (QED) is 0.226. The molecular formula is C19H30N2O11. The van der Waals surface area contributed by atoms with E-state index in [1.54, 1.807) is 0 Å². The molecule has 0 aromatic rings. The Kier molecular flexibility index (Phi) is 8.16. The van der Waals surface area contributed by atoms with E-state index in [4.69, 9.17) is 23.7 Å². The van der Waals surface area contributed by atoms with Crippen molar-refractivity contribution in [2.24, 2.45) is 0 Å². The molecule has 0 radical (unpaired) electrons. The van der Waals surface area contributed by atoms with Crippen molar-refractivity contribution in [3.05, 3.63) is 0 Å². The van der Waals surface area contributed by atoms with Crippen molar-refractivity contribution < 1.29 is 53.4 Å². The van der Waals surface area contributed by atoms with Gasteiger partial charge in [-0.15, -0.1) is 0 Å². The molecule has 13 nitrogen and oxygen atoms in total. The van der Waals surface area contributed by atoms with Crippen molar-refractivity contribution in [3.63, 3.8) is 0 Å². The first kappa shape index (κ1) is 24.9. The molecule has 2 bridgehead atoms. The molecule has 32 heavy (non-hydrogen) atoms. The largest absolute Gasteiger partial charge is 0.394 e. The lowest BCUT2D eigenvalue weighted by Gasteiger charge is -2.46. The van der Waals surface area contributed by atoms with E-state index in [9.17, 15) is 29.7 Å². The fourth-order valence-electron chi connectivity index (χ4n) is 4.11. The summed E-state index contributed by atoms with van der Waals surface area (Å²) in [4.78, 5) is 34.7. The molecule has 0 aromatic heterocycles. The van der Waals surface area contributed by atoms with Crippen LogP contribution < -0.4 is 10.6 Å². The standard InChI is InChI=1S/C19H30N2O11/c1-7(4-22)29-17-13(21-9(3)25)18-28-6-11(31-18)16(17)32-19-12(20-8(2)24)15(27)14(26)10(5-23)30-19/h4,7,10-19,23,26-27H,5-6H2,1-3H3,(H,20,24)(H,21,25)/t7-,10-,11-,12-,13-,14-,15-,16-,17-,18-,19+/m1/s1. The number of hydrogen-bond acceptors (Lipinski definition) is 11. The number of amides is 2. The van der Waals surface area contributed by atoms with Gasteiger partial charge in [-0.1, -0.05) is 0 Å². The highest BCUT2D eigenvalue weighted by atomic mass is 16.8. The Labute approximate surface area is 184 Å². The molecule has 3 heterocycles. The monoisotopic (exact) mass is 462 g/mol. The first-order chi connectivity index (χ1) is 15.2. The van der Waals surface area contributed by atoms with Crippen molar-refractivity contribution in [1.29, 1.82) is 0 Å². The van der Waals surface area contributed by atoms with Crippen LogP contribution in [0.5, 0.6) is 0 Å². The van der Waals surface area contributed by atoms with Crippen molar-refractivity contribution in [1.82, 2.24) is 10.6 Å². The Bertz CT molecular complexity index is 694. The maximum atomic E-state index is 11.8. The summed E-state index contributed by atoms with van der Waals surface area (Å²) >= 11 is 0. The maximum Gasteiger partial charge on any atom is 0.217 e. The first-order valence-corrected chi connectivity index (χ1v) is 10.4. The minimum absolute atomic E-state index is 0.0902. The molecular weight excluding hydrogens is 432 g/mol. The Balaban J connectivity index is 1.89. The minimum Gasteiger partial charge on any atom is -0.394 e. The van der Waals surface area contributed by atoms with Crippen LogP contribution >= 0.6 is 0 Å². The number of rotatable bonds is 8. The molecule has 2 amide bonds. The molecule has 0 saturated carbocycles. The van der Waals surface area contributed by atoms with Gasteiger partial charge in [0.2, 0.25) is 11.8 Å². The maximum absolute atomic E-state index is 11.8. The summed E-state index contributed by atoms with van der Waals surface area (Å²) < 4.78 is 28.9. The van der Waals surface area contributed by atoms with E-state index in [1.807, 2.05) is 0 Å². The van der Waals surface area contributed by atoms with Crippen LogP contribution in [0.2, 0.25) is 0 Å². The molecule has 0 spiro atoms. The second-order valence-corrected chi connectivity index (χ2v) is 8.08. The molecule has 0 aliphatic carbocycles. The van der Waals surface area contributed by atoms with E-state index < -0.39 is 79.9 Å². The number of carbonyl (C=O) groups is 3. The number of aldehydes is 1. The number of hydrogen-bond donors (Lipinski definition) is 5. The van der Waals surface area contributed by atoms with Gasteiger partial charge in [0.1, 0.15) is 61.1 Å². The number of nitrogens with one attached hydrogen (secondary N) is 2. The third kappa shape index (κ3) is 5.26. The zero-order chi connectivity index (χ0) is 23.6. The summed E-state index contributed by atoms with van der Waals surface area (Å²) in [5, 5.41) is 35.4. The van der Waals surface area contributed by atoms with Crippen molar-refractivity contribution in [2.75, 3.05) is 13.2 Å². The van der Waals surface area contributed by atoms with Gasteiger partial charge in [0.25, 0.3) is 0 Å². The van der Waals surface area contributed by atoms with Crippen LogP contribution in [0, 0.1) is 0 Å². The van der Waals surface area contributed by atoms with Crippen LogP contribution in [-0.2, 0) is 38.1 Å². The average molecular weight is 462 g/mol. The Morgan fingerprint density at radius 2 is 1.75 bits per heavy atom. The van der Waals surface area contributed by atoms with Gasteiger partial charge in [0, 0.05) is 13.8 Å². The molecule has 3 aliphatic rings. The summed E-state index contributed by atoms with van der Waals surface area (Å²) in [6.45, 7) is 3.52. The Hall–Kier alpha value is -1.71. The van der Waals surface area contributed by atoms with Gasteiger partial charge in [-0.3, -0.25) is 9.59 Å². The van der Waals surface area contributed by atoms with Gasteiger partial charge >= 0.3 is 0 Å². The number of ether oxygens (including phenoxy) is 5. The third-order valence-electron chi connectivity index (χ3n) is 5.55. The molecule has 13 heteroatoms. The van der Waals surface area contributed by atoms with Crippen LogP contribution in [0.25, 0.3) is 0 Å². The van der Waals surface area contributed by atoms with Gasteiger partial charge < -0.3 is 54.4 Å². The molecule has 3 rings (SSSR count). The number of fused-ring (bicyclic) bond motifs is 2. The van der Waals surface area contributed by atoms with E-state index in [1.165, 1.54) is 20.8 Å². The van der Waals surface area contributed by atoms with Crippen molar-refractivity contribution >= 4 is 18.1 Å². The lowest BCUT2D eigenvalue weighted by atomic mass is 9.95. The molecule has 0 aromatic carbocycles. The molecule has 3 aliphatic heterocycles. The Morgan fingerprint density at radius 3 is 2.34 bits per heavy atom. The van der Waals surface area contributed by atoms with E-state index >= 15 is 0 Å². The van der Waals surface area contributed by atoms with E-state index in [0.717, 1.165) is 0 Å². The highest BCUT2D eigenvalue weighted by molar-refractivity contribution is 5.73. The Morgan fingerprint density at radius 1 is 1.09 bits per heavy atom. The summed E-state index contributed by atoms with van der Waals surface area (Å²) in [6.07, 6.45) is -9.14. The lowest BCUT2D eigenvalue weighted by molar-refractivity contribution is -0.313. The zero-order valence-corrected chi connectivity index (χ0v) is 18.0. The fraction of sp³-hybridized carbons (Fsp3) is 0.842. The minimum atomic E-state index is -1.51. The van der Waals surface area contributed by atoms with E-state index in [2.05, 4.69) is 10.6 Å². The van der Waals surface area contributed by atoms with Gasteiger partial charge in [-0.05, 0) is 6.92 Å². The normalized spacial score (nSPS) is 42.2. The second kappa shape index (κ2) is 10.5. The predicted octanol–water partition coefficient (Wildman–Crippen LogP) is -3.45. The van der Waals surface area contributed by atoms with Crippen LogP contribution in [0.3, 0.4) is 0 Å². The van der Waals surface area contributed by atoms with Gasteiger partial charge in [-0.2, -0.15) is 0 Å². The first-order valence-electron chi connectivity index (χ1n) is 10.4. The number of aliphatic hydroxyl groups excluding tert-OH is 3. The van der Waals surface area contributed by atoms with Crippen LogP contribution in [0.15, 0.2) is 0 Å². The number of aliphatic hydroxyl groups is 3. The fourth-order valence-corrected chi connectivity index (χ4v) is 4.11. The second-order valence-electron chi connectivity index (χ2n) is 8.08. The van der Waals surface area contributed by atoms with Crippen molar-refractivity contribution in [3.8, 4) is 0 Å². The smallest absolute Gasteiger partial charge is 0.217 e. The van der Waals surface area contributed by atoms with Crippen molar-refractivity contribution in [2.45, 2.75) is 88.2 Å². The summed E-state index contributed by atoms with van der Waals surface area (Å²) in [5.41, 5.74) is 0. The topological polar surface area (TPSA) is 182 Å². The summed E-state index contributed by atoms with van der Waals surface area (Å²) in [5.74, 6) is -0.897. The molecule has 3 fully saturated rings. The van der Waals surface area contributed by atoms with Crippen LogP contribution in [-0.4, -0.2) is 114 Å². The van der Waals surface area contributed by atoms with Crippen LogP contribution in [0.1, 0.15) is 20.8 Å². The summed E-state index contributed by atoms with van der Waals surface area (Å²) in [7, 11) is 0. The molecule has 3 saturated heterocycles. The molecule has 5 N–H and O–H groups in total. The predicted molar refractivity (Wildman–Crippen MR) is 103 cm³/mol.